The quantitative estimate of drug-likeness (QED) is 0.737. The molecule has 1 aromatic carbocycles. The molecule has 1 atom stereocenters. The monoisotopic (exact) mass is 442 g/mol. The van der Waals surface area contributed by atoms with Gasteiger partial charge in [-0.05, 0) is 30.5 Å². The van der Waals surface area contributed by atoms with Crippen LogP contribution in [-0.4, -0.2) is 47.4 Å². The zero-order valence-corrected chi connectivity index (χ0v) is 18.3. The summed E-state index contributed by atoms with van der Waals surface area (Å²) >= 11 is 0. The topological polar surface area (TPSA) is 109 Å². The van der Waals surface area contributed by atoms with E-state index in [0.717, 1.165) is 31.9 Å². The van der Waals surface area contributed by atoms with Crippen LogP contribution in [0.3, 0.4) is 0 Å². The van der Waals surface area contributed by atoms with E-state index in [1.165, 1.54) is 29.9 Å². The van der Waals surface area contributed by atoms with Gasteiger partial charge in [-0.3, -0.25) is 9.59 Å². The van der Waals surface area contributed by atoms with Crippen LogP contribution < -0.4 is 5.32 Å². The molecular formula is C22H26N4O4S. The predicted octanol–water partition coefficient (Wildman–Crippen LogP) is 2.81. The normalized spacial score (nSPS) is 18.0. The number of hydrogen-bond acceptors (Lipinski definition) is 6. The molecule has 1 fully saturated rings. The van der Waals surface area contributed by atoms with E-state index in [-0.39, 0.29) is 23.3 Å². The number of benzene rings is 1. The minimum Gasteiger partial charge on any atom is -0.322 e. The van der Waals surface area contributed by atoms with Gasteiger partial charge in [0.25, 0.3) is 5.91 Å². The second-order valence-corrected chi connectivity index (χ2v) is 10.3. The summed E-state index contributed by atoms with van der Waals surface area (Å²) in [7, 11) is -3.49. The maximum Gasteiger partial charge on any atom is 0.255 e. The van der Waals surface area contributed by atoms with E-state index in [0.29, 0.717) is 29.3 Å². The van der Waals surface area contributed by atoms with Crippen LogP contribution in [0.4, 0.5) is 5.82 Å². The highest BCUT2D eigenvalue weighted by molar-refractivity contribution is 7.90. The number of fused-ring (bicyclic) bond motifs is 1. The first-order valence-corrected chi connectivity index (χ1v) is 12.4. The molecule has 1 N–H and O–H groups in total. The zero-order valence-electron chi connectivity index (χ0n) is 17.5. The van der Waals surface area contributed by atoms with Crippen LogP contribution in [0.2, 0.25) is 0 Å². The number of amides is 2. The van der Waals surface area contributed by atoms with E-state index in [4.69, 9.17) is 0 Å². The summed E-state index contributed by atoms with van der Waals surface area (Å²) in [6.07, 6.45) is 10.1. The molecule has 164 valence electrons. The molecule has 0 saturated heterocycles. The number of anilines is 1. The number of hydrogen-bond donors (Lipinski definition) is 1. The van der Waals surface area contributed by atoms with Crippen LogP contribution in [0.15, 0.2) is 41.7 Å². The molecule has 2 heterocycles. The van der Waals surface area contributed by atoms with Crippen molar-refractivity contribution < 1.29 is 18.0 Å². The molecule has 1 aliphatic heterocycles. The molecule has 1 aliphatic carbocycles. The summed E-state index contributed by atoms with van der Waals surface area (Å²) in [6.45, 7) is 0.103. The first-order valence-electron chi connectivity index (χ1n) is 10.5. The van der Waals surface area contributed by atoms with Gasteiger partial charge in [-0.1, -0.05) is 38.2 Å². The standard InChI is InChI=1S/C22H26N4O4S/c1-31(29,30)19-9-5-8-16-17(19)13-26(22(16)28)18(12-15-6-3-2-4-7-15)21(27)25-20-10-11-23-14-24-20/h5,8-11,14-15,18H,2-4,6-7,12-13H2,1H3,(H,23,24,25,27)/t18-/m0/s1. The molecule has 0 spiro atoms. The highest BCUT2D eigenvalue weighted by Crippen LogP contribution is 2.34. The van der Waals surface area contributed by atoms with Gasteiger partial charge < -0.3 is 10.2 Å². The third kappa shape index (κ3) is 4.61. The smallest absolute Gasteiger partial charge is 0.255 e. The number of sulfone groups is 1. The lowest BCUT2D eigenvalue weighted by molar-refractivity contribution is -0.121. The second-order valence-electron chi connectivity index (χ2n) is 8.33. The fourth-order valence-electron chi connectivity index (χ4n) is 4.61. The largest absolute Gasteiger partial charge is 0.322 e. The molecule has 4 rings (SSSR count). The summed E-state index contributed by atoms with van der Waals surface area (Å²) in [4.78, 5) is 36.1. The van der Waals surface area contributed by atoms with Crippen molar-refractivity contribution >= 4 is 27.5 Å². The van der Waals surface area contributed by atoms with Gasteiger partial charge in [-0.15, -0.1) is 0 Å². The van der Waals surface area contributed by atoms with Crippen molar-refractivity contribution in [2.45, 2.75) is 56.0 Å². The Hall–Kier alpha value is -2.81. The molecule has 31 heavy (non-hydrogen) atoms. The Morgan fingerprint density at radius 2 is 2.00 bits per heavy atom. The Morgan fingerprint density at radius 3 is 2.68 bits per heavy atom. The predicted molar refractivity (Wildman–Crippen MR) is 115 cm³/mol. The van der Waals surface area contributed by atoms with Crippen molar-refractivity contribution in [2.75, 3.05) is 11.6 Å². The molecular weight excluding hydrogens is 416 g/mol. The van der Waals surface area contributed by atoms with Crippen LogP contribution in [0, 0.1) is 5.92 Å². The number of aromatic nitrogens is 2. The molecule has 1 saturated carbocycles. The van der Waals surface area contributed by atoms with Crippen molar-refractivity contribution in [3.8, 4) is 0 Å². The first kappa shape index (κ1) is 21.4. The average Bonchev–Trinajstić information content (AvgIpc) is 3.09. The van der Waals surface area contributed by atoms with E-state index in [1.807, 2.05) is 0 Å². The number of carbonyl (C=O) groups excluding carboxylic acids is 2. The van der Waals surface area contributed by atoms with E-state index in [9.17, 15) is 18.0 Å². The number of rotatable bonds is 6. The summed E-state index contributed by atoms with van der Waals surface area (Å²) < 4.78 is 24.5. The second kappa shape index (κ2) is 8.74. The van der Waals surface area contributed by atoms with Crippen molar-refractivity contribution in [1.82, 2.24) is 14.9 Å². The fourth-order valence-corrected chi connectivity index (χ4v) is 5.56. The zero-order chi connectivity index (χ0) is 22.0. The Kier molecular flexibility index (Phi) is 6.04. The molecule has 2 aromatic rings. The van der Waals surface area contributed by atoms with E-state index >= 15 is 0 Å². The third-order valence-electron chi connectivity index (χ3n) is 6.15. The van der Waals surface area contributed by atoms with Crippen LogP contribution in [0.5, 0.6) is 0 Å². The molecule has 2 amide bonds. The molecule has 1 aromatic heterocycles. The minimum atomic E-state index is -3.49. The van der Waals surface area contributed by atoms with Gasteiger partial charge >= 0.3 is 0 Å². The van der Waals surface area contributed by atoms with Gasteiger partial charge in [0.1, 0.15) is 18.2 Å². The van der Waals surface area contributed by atoms with Crippen molar-refractivity contribution in [2.24, 2.45) is 5.92 Å². The Balaban J connectivity index is 1.64. The Morgan fingerprint density at radius 1 is 1.23 bits per heavy atom. The lowest BCUT2D eigenvalue weighted by atomic mass is 9.84. The van der Waals surface area contributed by atoms with Crippen molar-refractivity contribution in [1.29, 1.82) is 0 Å². The van der Waals surface area contributed by atoms with Crippen molar-refractivity contribution in [3.05, 3.63) is 47.9 Å². The highest BCUT2D eigenvalue weighted by Gasteiger charge is 2.39. The van der Waals surface area contributed by atoms with E-state index in [2.05, 4.69) is 15.3 Å². The summed E-state index contributed by atoms with van der Waals surface area (Å²) in [6, 6.07) is 5.62. The highest BCUT2D eigenvalue weighted by atomic mass is 32.2. The summed E-state index contributed by atoms with van der Waals surface area (Å²) in [5.74, 6) is 0.0981. The maximum absolute atomic E-state index is 13.3. The number of nitrogens with one attached hydrogen (secondary N) is 1. The summed E-state index contributed by atoms with van der Waals surface area (Å²) in [5.41, 5.74) is 0.824. The van der Waals surface area contributed by atoms with Crippen LogP contribution >= 0.6 is 0 Å². The summed E-state index contributed by atoms with van der Waals surface area (Å²) in [5, 5.41) is 2.80. The molecule has 2 aliphatic rings. The van der Waals surface area contributed by atoms with Gasteiger partial charge in [0.05, 0.1) is 4.90 Å². The van der Waals surface area contributed by atoms with Gasteiger partial charge in [-0.2, -0.15) is 0 Å². The number of carbonyl (C=O) groups is 2. The SMILES string of the molecule is CS(=O)(=O)c1cccc2c1CN([C@@H](CC1CCCCC1)C(=O)Nc1ccncn1)C2=O. The third-order valence-corrected chi connectivity index (χ3v) is 7.33. The molecule has 0 radical (unpaired) electrons. The van der Waals surface area contributed by atoms with Gasteiger partial charge in [0.2, 0.25) is 5.91 Å². The molecule has 9 heteroatoms. The maximum atomic E-state index is 13.3. The van der Waals surface area contributed by atoms with Crippen molar-refractivity contribution in [3.63, 3.8) is 0 Å². The van der Waals surface area contributed by atoms with Gasteiger partial charge in [-0.25, -0.2) is 18.4 Å². The van der Waals surface area contributed by atoms with E-state index in [1.54, 1.807) is 18.2 Å². The van der Waals surface area contributed by atoms with E-state index < -0.39 is 15.9 Å². The number of nitrogens with zero attached hydrogens (tertiary/aromatic N) is 3. The molecule has 0 unspecified atom stereocenters. The first-order chi connectivity index (χ1) is 14.8. The molecule has 8 nitrogen and oxygen atoms in total. The Labute approximate surface area is 182 Å². The average molecular weight is 443 g/mol. The Bertz CT molecular complexity index is 1080. The van der Waals surface area contributed by atoms with Crippen LogP contribution in [-0.2, 0) is 21.2 Å². The minimum absolute atomic E-state index is 0.103. The molecule has 0 bridgehead atoms. The lowest BCUT2D eigenvalue weighted by Crippen LogP contribution is -2.45. The van der Waals surface area contributed by atoms with Crippen LogP contribution in [0.1, 0.15) is 54.4 Å². The van der Waals surface area contributed by atoms with Gasteiger partial charge in [0.15, 0.2) is 9.84 Å². The lowest BCUT2D eigenvalue weighted by Gasteiger charge is -2.31. The van der Waals surface area contributed by atoms with Crippen LogP contribution in [0.25, 0.3) is 0 Å². The fraction of sp³-hybridized carbons (Fsp3) is 0.455. The van der Waals surface area contributed by atoms with Gasteiger partial charge in [0, 0.05) is 30.1 Å².